The van der Waals surface area contributed by atoms with Crippen molar-refractivity contribution in [3.63, 3.8) is 0 Å². The summed E-state index contributed by atoms with van der Waals surface area (Å²) in [5.41, 5.74) is 5.63. The molecule has 2 unspecified atom stereocenters. The van der Waals surface area contributed by atoms with Gasteiger partial charge in [0.15, 0.2) is 0 Å². The van der Waals surface area contributed by atoms with Crippen molar-refractivity contribution in [1.29, 1.82) is 0 Å². The molecule has 5 N–H and O–H groups in total. The Morgan fingerprint density at radius 1 is 1.14 bits per heavy atom. The number of carbonyl (C=O) groups is 4. The van der Waals surface area contributed by atoms with E-state index in [1.54, 1.807) is 53.7 Å². The number of phenols is 1. The third-order valence-corrected chi connectivity index (χ3v) is 6.22. The van der Waals surface area contributed by atoms with E-state index in [2.05, 4.69) is 10.6 Å². The van der Waals surface area contributed by atoms with Crippen LogP contribution in [0.2, 0.25) is 0 Å². The topological polar surface area (TPSA) is 151 Å². The van der Waals surface area contributed by atoms with E-state index in [1.807, 2.05) is 0 Å². The number of rotatable bonds is 9. The SMILES string of the molecule is Cc1cc(C(C(=O)NC2CCCCC2)N(C(=O)C(CC(N)=O)NC(=O)OC(C)(C)C)C(C)C)ccc1O. The van der Waals surface area contributed by atoms with E-state index in [1.165, 1.54) is 11.0 Å². The fourth-order valence-electron chi connectivity index (χ4n) is 4.52. The number of ether oxygens (including phenoxy) is 1. The number of aromatic hydroxyl groups is 1. The average Bonchev–Trinajstić information content (AvgIpc) is 2.77. The van der Waals surface area contributed by atoms with E-state index in [0.29, 0.717) is 11.1 Å². The van der Waals surface area contributed by atoms with Crippen LogP contribution in [0.1, 0.15) is 90.3 Å². The van der Waals surface area contributed by atoms with Gasteiger partial charge in [0.2, 0.25) is 17.7 Å². The van der Waals surface area contributed by atoms with Gasteiger partial charge in [0.1, 0.15) is 23.4 Å². The lowest BCUT2D eigenvalue weighted by molar-refractivity contribution is -0.145. The van der Waals surface area contributed by atoms with Crippen LogP contribution < -0.4 is 16.4 Å². The van der Waals surface area contributed by atoms with Crippen LogP contribution >= 0.6 is 0 Å². The number of nitrogens with zero attached hydrogens (tertiary/aromatic N) is 1. The van der Waals surface area contributed by atoms with Gasteiger partial charge >= 0.3 is 6.09 Å². The Morgan fingerprint density at radius 3 is 2.27 bits per heavy atom. The quantitative estimate of drug-likeness (QED) is 0.394. The summed E-state index contributed by atoms with van der Waals surface area (Å²) >= 11 is 0. The predicted octanol–water partition coefficient (Wildman–Crippen LogP) is 3.20. The van der Waals surface area contributed by atoms with E-state index in [4.69, 9.17) is 10.5 Å². The largest absolute Gasteiger partial charge is 0.508 e. The summed E-state index contributed by atoms with van der Waals surface area (Å²) in [6, 6.07) is 1.84. The average molecular weight is 519 g/mol. The van der Waals surface area contributed by atoms with Gasteiger partial charge in [0, 0.05) is 12.1 Å². The normalized spacial score (nSPS) is 16.0. The third kappa shape index (κ3) is 8.94. The van der Waals surface area contributed by atoms with Crippen LogP contribution in [0, 0.1) is 6.92 Å². The molecule has 37 heavy (non-hydrogen) atoms. The monoisotopic (exact) mass is 518 g/mol. The first kappa shape index (κ1) is 29.9. The molecule has 1 saturated carbocycles. The Hall–Kier alpha value is -3.30. The summed E-state index contributed by atoms with van der Waals surface area (Å²) < 4.78 is 5.28. The minimum Gasteiger partial charge on any atom is -0.508 e. The van der Waals surface area contributed by atoms with E-state index in [9.17, 15) is 24.3 Å². The molecule has 2 atom stereocenters. The number of phenolic OH excluding ortho intramolecular Hbond substituents is 1. The predicted molar refractivity (Wildman–Crippen MR) is 140 cm³/mol. The molecule has 10 nitrogen and oxygen atoms in total. The summed E-state index contributed by atoms with van der Waals surface area (Å²) in [7, 11) is 0. The van der Waals surface area contributed by atoms with E-state index >= 15 is 0 Å². The van der Waals surface area contributed by atoms with Crippen molar-refractivity contribution in [2.45, 2.75) is 110 Å². The zero-order chi connectivity index (χ0) is 27.9. The fourth-order valence-corrected chi connectivity index (χ4v) is 4.52. The second kappa shape index (κ2) is 12.8. The fraction of sp³-hybridized carbons (Fsp3) is 0.630. The molecule has 1 fully saturated rings. The lowest BCUT2D eigenvalue weighted by atomic mass is 9.94. The van der Waals surface area contributed by atoms with Crippen LogP contribution in [-0.4, -0.2) is 57.5 Å². The smallest absolute Gasteiger partial charge is 0.408 e. The highest BCUT2D eigenvalue weighted by Gasteiger charge is 2.39. The van der Waals surface area contributed by atoms with Crippen LogP contribution in [0.25, 0.3) is 0 Å². The first-order valence-electron chi connectivity index (χ1n) is 12.9. The first-order chi connectivity index (χ1) is 17.2. The number of aryl methyl sites for hydroxylation is 1. The molecule has 1 aliphatic carbocycles. The Kier molecular flexibility index (Phi) is 10.3. The lowest BCUT2D eigenvalue weighted by Crippen LogP contribution is -2.56. The minimum atomic E-state index is -1.34. The van der Waals surface area contributed by atoms with Crippen molar-refractivity contribution in [2.24, 2.45) is 5.73 Å². The number of nitrogens with one attached hydrogen (secondary N) is 2. The summed E-state index contributed by atoms with van der Waals surface area (Å²) in [6.07, 6.45) is 3.52. The second-order valence-corrected chi connectivity index (χ2v) is 11.0. The number of hydrogen-bond donors (Lipinski definition) is 4. The molecule has 0 aromatic heterocycles. The summed E-state index contributed by atoms with van der Waals surface area (Å²) in [4.78, 5) is 53.3. The molecule has 0 aliphatic heterocycles. The molecule has 206 valence electrons. The molecule has 1 aliphatic rings. The summed E-state index contributed by atoms with van der Waals surface area (Å²) in [5, 5.41) is 15.6. The minimum absolute atomic E-state index is 0.00705. The number of nitrogens with two attached hydrogens (primary N) is 1. The number of primary amides is 1. The summed E-state index contributed by atoms with van der Waals surface area (Å²) in [5.74, 6) is -1.74. The van der Waals surface area contributed by atoms with Crippen molar-refractivity contribution >= 4 is 23.8 Å². The molecule has 0 spiro atoms. The van der Waals surface area contributed by atoms with Crippen molar-refractivity contribution in [2.75, 3.05) is 0 Å². The number of carbonyl (C=O) groups excluding carboxylic acids is 4. The highest BCUT2D eigenvalue weighted by Crippen LogP contribution is 2.29. The maximum atomic E-state index is 13.9. The molecule has 0 radical (unpaired) electrons. The van der Waals surface area contributed by atoms with E-state index in [0.717, 1.165) is 32.1 Å². The molecular formula is C27H42N4O6. The molecular weight excluding hydrogens is 476 g/mol. The van der Waals surface area contributed by atoms with Gasteiger partial charge in [-0.2, -0.15) is 0 Å². The van der Waals surface area contributed by atoms with Crippen molar-refractivity contribution in [3.05, 3.63) is 29.3 Å². The van der Waals surface area contributed by atoms with Crippen LogP contribution in [0.3, 0.4) is 0 Å². The van der Waals surface area contributed by atoms with E-state index < -0.39 is 48.1 Å². The molecule has 0 heterocycles. The van der Waals surface area contributed by atoms with Crippen LogP contribution in [0.5, 0.6) is 5.75 Å². The van der Waals surface area contributed by atoms with Crippen LogP contribution in [0.4, 0.5) is 4.79 Å². The highest BCUT2D eigenvalue weighted by atomic mass is 16.6. The second-order valence-electron chi connectivity index (χ2n) is 11.0. The van der Waals surface area contributed by atoms with Gasteiger partial charge in [0.25, 0.3) is 0 Å². The van der Waals surface area contributed by atoms with E-state index in [-0.39, 0.29) is 17.7 Å². The third-order valence-electron chi connectivity index (χ3n) is 6.22. The van der Waals surface area contributed by atoms with Crippen molar-refractivity contribution in [1.82, 2.24) is 15.5 Å². The van der Waals surface area contributed by atoms with Crippen LogP contribution in [-0.2, 0) is 19.1 Å². The standard InChI is InChI=1S/C27H42N4O6/c1-16(2)31(25(35)20(15-22(28)33)30-26(36)37-27(4,5)6)23(18-12-13-21(32)17(3)14-18)24(34)29-19-10-8-7-9-11-19/h12-14,16,19-20,23,32H,7-11,15H2,1-6H3,(H2,28,33)(H,29,34)(H,30,36). The molecule has 0 bridgehead atoms. The van der Waals surface area contributed by atoms with Crippen molar-refractivity contribution in [3.8, 4) is 5.75 Å². The summed E-state index contributed by atoms with van der Waals surface area (Å²) in [6.45, 7) is 10.2. The number of hydrogen-bond acceptors (Lipinski definition) is 6. The molecule has 2 rings (SSSR count). The molecule has 1 aromatic carbocycles. The zero-order valence-electron chi connectivity index (χ0n) is 22.8. The van der Waals surface area contributed by atoms with Gasteiger partial charge < -0.3 is 31.1 Å². The number of alkyl carbamates (subject to hydrolysis) is 1. The van der Waals surface area contributed by atoms with Gasteiger partial charge in [-0.05, 0) is 77.6 Å². The highest BCUT2D eigenvalue weighted by molar-refractivity contribution is 5.94. The van der Waals surface area contributed by atoms with Gasteiger partial charge in [-0.3, -0.25) is 14.4 Å². The Balaban J connectivity index is 2.48. The molecule has 4 amide bonds. The Labute approximate surface area is 219 Å². The van der Waals surface area contributed by atoms with Gasteiger partial charge in [-0.1, -0.05) is 25.3 Å². The van der Waals surface area contributed by atoms with Gasteiger partial charge in [0.05, 0.1) is 6.42 Å². The molecule has 10 heteroatoms. The molecule has 0 saturated heterocycles. The van der Waals surface area contributed by atoms with Crippen molar-refractivity contribution < 1.29 is 29.0 Å². The maximum absolute atomic E-state index is 13.9. The number of amides is 4. The van der Waals surface area contributed by atoms with Gasteiger partial charge in [-0.25, -0.2) is 4.79 Å². The maximum Gasteiger partial charge on any atom is 0.408 e. The van der Waals surface area contributed by atoms with Crippen LogP contribution in [0.15, 0.2) is 18.2 Å². The zero-order valence-corrected chi connectivity index (χ0v) is 22.8. The number of benzene rings is 1. The Bertz CT molecular complexity index is 982. The van der Waals surface area contributed by atoms with Gasteiger partial charge in [-0.15, -0.1) is 0 Å². The molecule has 1 aromatic rings. The Morgan fingerprint density at radius 2 is 1.76 bits per heavy atom. The lowest BCUT2D eigenvalue weighted by Gasteiger charge is -2.38. The first-order valence-corrected chi connectivity index (χ1v) is 12.9.